The van der Waals surface area contributed by atoms with Crippen molar-refractivity contribution in [2.45, 2.75) is 19.9 Å². The van der Waals surface area contributed by atoms with Crippen LogP contribution in [0.4, 0.5) is 14.5 Å². The molecule has 0 saturated heterocycles. The lowest BCUT2D eigenvalue weighted by Crippen LogP contribution is -2.42. The van der Waals surface area contributed by atoms with Crippen LogP contribution in [0.1, 0.15) is 24.1 Å². The Kier molecular flexibility index (Phi) is 6.66. The molecule has 0 spiro atoms. The average molecular weight is 360 g/mol. The maximum Gasteiger partial charge on any atom is 0.243 e. The van der Waals surface area contributed by atoms with Crippen LogP contribution in [-0.2, 0) is 4.79 Å². The lowest BCUT2D eigenvalue weighted by molar-refractivity contribution is -0.115. The van der Waals surface area contributed by atoms with Crippen molar-refractivity contribution in [1.82, 2.24) is 10.6 Å². The van der Waals surface area contributed by atoms with E-state index in [9.17, 15) is 13.6 Å². The summed E-state index contributed by atoms with van der Waals surface area (Å²) in [6.07, 6.45) is 0. The molecule has 2 aromatic rings. The van der Waals surface area contributed by atoms with Crippen LogP contribution in [0, 0.1) is 18.6 Å². The molecule has 0 aliphatic carbocycles. The predicted octanol–water partition coefficient (Wildman–Crippen LogP) is 3.14. The minimum absolute atomic E-state index is 0.0218. The number of aliphatic imine (C=N–C) groups is 1. The van der Waals surface area contributed by atoms with Gasteiger partial charge in [-0.1, -0.05) is 12.1 Å². The number of anilines is 1. The first-order chi connectivity index (χ1) is 12.4. The van der Waals surface area contributed by atoms with E-state index in [-0.39, 0.29) is 30.1 Å². The Morgan fingerprint density at radius 1 is 1.15 bits per heavy atom. The molecule has 0 aromatic heterocycles. The van der Waals surface area contributed by atoms with E-state index >= 15 is 0 Å². The molecule has 1 atom stereocenters. The Bertz CT molecular complexity index is 791. The molecule has 1 unspecified atom stereocenters. The van der Waals surface area contributed by atoms with Gasteiger partial charge in [-0.25, -0.2) is 8.78 Å². The zero-order valence-electron chi connectivity index (χ0n) is 14.9. The van der Waals surface area contributed by atoms with Gasteiger partial charge in [-0.05, 0) is 55.3 Å². The number of hydrogen-bond donors (Lipinski definition) is 3. The molecule has 0 aliphatic heterocycles. The van der Waals surface area contributed by atoms with Gasteiger partial charge in [0.2, 0.25) is 5.91 Å². The highest BCUT2D eigenvalue weighted by Gasteiger charge is 2.11. The number of benzene rings is 2. The third-order valence-corrected chi connectivity index (χ3v) is 3.82. The van der Waals surface area contributed by atoms with E-state index in [1.54, 1.807) is 20.0 Å². The van der Waals surface area contributed by atoms with Crippen LogP contribution in [0.2, 0.25) is 0 Å². The fourth-order valence-corrected chi connectivity index (χ4v) is 2.26. The highest BCUT2D eigenvalue weighted by Crippen LogP contribution is 2.16. The van der Waals surface area contributed by atoms with Crippen molar-refractivity contribution in [3.63, 3.8) is 0 Å². The number of nitrogens with zero attached hydrogens (tertiary/aromatic N) is 1. The first kappa shape index (κ1) is 19.4. The number of hydrogen-bond acceptors (Lipinski definition) is 2. The molecule has 1 amide bonds. The van der Waals surface area contributed by atoms with Gasteiger partial charge in [0.05, 0.1) is 12.6 Å². The SMILES string of the molecule is CN=C(NCC(=O)Nc1ccc(F)cc1)NC(C)c1ccc(C)c(F)c1. The van der Waals surface area contributed by atoms with Gasteiger partial charge in [-0.3, -0.25) is 9.79 Å². The van der Waals surface area contributed by atoms with Gasteiger partial charge in [0.25, 0.3) is 0 Å². The Hall–Kier alpha value is -2.96. The topological polar surface area (TPSA) is 65.5 Å². The van der Waals surface area contributed by atoms with Crippen LogP contribution in [0.5, 0.6) is 0 Å². The minimum Gasteiger partial charge on any atom is -0.350 e. The summed E-state index contributed by atoms with van der Waals surface area (Å²) < 4.78 is 26.6. The van der Waals surface area contributed by atoms with Gasteiger partial charge < -0.3 is 16.0 Å². The zero-order valence-corrected chi connectivity index (χ0v) is 14.9. The summed E-state index contributed by atoms with van der Waals surface area (Å²) in [4.78, 5) is 16.0. The predicted molar refractivity (Wildman–Crippen MR) is 99.1 cm³/mol. The van der Waals surface area contributed by atoms with E-state index < -0.39 is 0 Å². The second kappa shape index (κ2) is 8.94. The molecule has 0 saturated carbocycles. The number of carbonyl (C=O) groups is 1. The van der Waals surface area contributed by atoms with Gasteiger partial charge in [-0.2, -0.15) is 0 Å². The standard InChI is InChI=1S/C19H22F2N4O/c1-12-4-5-14(10-17(12)21)13(2)24-19(22-3)23-11-18(26)25-16-8-6-15(20)7-9-16/h4-10,13H,11H2,1-3H3,(H,25,26)(H2,22,23,24). The third-order valence-electron chi connectivity index (χ3n) is 3.82. The number of carbonyl (C=O) groups excluding carboxylic acids is 1. The highest BCUT2D eigenvalue weighted by molar-refractivity contribution is 5.95. The first-order valence-corrected chi connectivity index (χ1v) is 8.17. The zero-order chi connectivity index (χ0) is 19.1. The Morgan fingerprint density at radius 3 is 2.46 bits per heavy atom. The van der Waals surface area contributed by atoms with Crippen LogP contribution in [-0.4, -0.2) is 25.5 Å². The van der Waals surface area contributed by atoms with Crippen LogP contribution in [0.3, 0.4) is 0 Å². The highest BCUT2D eigenvalue weighted by atomic mass is 19.1. The van der Waals surface area contributed by atoms with E-state index in [1.807, 2.05) is 13.0 Å². The van der Waals surface area contributed by atoms with Gasteiger partial charge in [-0.15, -0.1) is 0 Å². The van der Waals surface area contributed by atoms with E-state index in [0.29, 0.717) is 17.2 Å². The van der Waals surface area contributed by atoms with Gasteiger partial charge in [0.1, 0.15) is 11.6 Å². The number of guanidine groups is 1. The molecule has 0 fully saturated rings. The summed E-state index contributed by atoms with van der Waals surface area (Å²) in [5.41, 5.74) is 1.86. The lowest BCUT2D eigenvalue weighted by atomic mass is 10.1. The van der Waals surface area contributed by atoms with Crippen molar-refractivity contribution >= 4 is 17.6 Å². The molecular formula is C19H22F2N4O. The lowest BCUT2D eigenvalue weighted by Gasteiger charge is -2.18. The molecule has 5 nitrogen and oxygen atoms in total. The average Bonchev–Trinajstić information content (AvgIpc) is 2.62. The number of aryl methyl sites for hydroxylation is 1. The number of halogens is 2. The second-order valence-corrected chi connectivity index (χ2v) is 5.86. The minimum atomic E-state index is -0.368. The smallest absolute Gasteiger partial charge is 0.243 e. The molecule has 0 radical (unpaired) electrons. The monoisotopic (exact) mass is 360 g/mol. The van der Waals surface area contributed by atoms with Crippen molar-refractivity contribution in [3.05, 3.63) is 65.2 Å². The van der Waals surface area contributed by atoms with Crippen LogP contribution in [0.25, 0.3) is 0 Å². The molecule has 7 heteroatoms. The van der Waals surface area contributed by atoms with E-state index in [2.05, 4.69) is 20.9 Å². The van der Waals surface area contributed by atoms with Crippen molar-refractivity contribution in [3.8, 4) is 0 Å². The van der Waals surface area contributed by atoms with Crippen LogP contribution >= 0.6 is 0 Å². The molecule has 138 valence electrons. The Labute approximate surface area is 151 Å². The van der Waals surface area contributed by atoms with Gasteiger partial charge in [0.15, 0.2) is 5.96 Å². The first-order valence-electron chi connectivity index (χ1n) is 8.17. The second-order valence-electron chi connectivity index (χ2n) is 5.86. The van der Waals surface area contributed by atoms with Gasteiger partial charge in [0, 0.05) is 12.7 Å². The molecule has 0 bridgehead atoms. The number of rotatable bonds is 5. The Morgan fingerprint density at radius 2 is 1.85 bits per heavy atom. The third kappa shape index (κ3) is 5.54. The summed E-state index contributed by atoms with van der Waals surface area (Å²) in [6, 6.07) is 10.3. The molecule has 0 aliphatic rings. The number of nitrogens with one attached hydrogen (secondary N) is 3. The van der Waals surface area contributed by atoms with E-state index in [4.69, 9.17) is 0 Å². The van der Waals surface area contributed by atoms with E-state index in [0.717, 1.165) is 5.56 Å². The summed E-state index contributed by atoms with van der Waals surface area (Å²) in [5, 5.41) is 8.63. The summed E-state index contributed by atoms with van der Waals surface area (Å²) in [7, 11) is 1.58. The maximum absolute atomic E-state index is 13.7. The Balaban J connectivity index is 1.87. The van der Waals surface area contributed by atoms with E-state index in [1.165, 1.54) is 30.3 Å². The summed E-state index contributed by atoms with van der Waals surface area (Å²) in [6.45, 7) is 3.55. The van der Waals surface area contributed by atoms with Crippen molar-refractivity contribution in [2.75, 3.05) is 18.9 Å². The molecule has 2 aromatic carbocycles. The van der Waals surface area contributed by atoms with Crippen molar-refractivity contribution in [2.24, 2.45) is 4.99 Å². The molecule has 26 heavy (non-hydrogen) atoms. The normalized spacial score (nSPS) is 12.4. The van der Waals surface area contributed by atoms with Crippen LogP contribution < -0.4 is 16.0 Å². The summed E-state index contributed by atoms with van der Waals surface area (Å²) in [5.74, 6) is -0.522. The summed E-state index contributed by atoms with van der Waals surface area (Å²) >= 11 is 0. The van der Waals surface area contributed by atoms with Gasteiger partial charge >= 0.3 is 0 Å². The quantitative estimate of drug-likeness (QED) is 0.567. The fraction of sp³-hybridized carbons (Fsp3) is 0.263. The molecule has 0 heterocycles. The van der Waals surface area contributed by atoms with Crippen molar-refractivity contribution in [1.29, 1.82) is 0 Å². The maximum atomic E-state index is 13.7. The number of amides is 1. The molecular weight excluding hydrogens is 338 g/mol. The molecule has 2 rings (SSSR count). The largest absolute Gasteiger partial charge is 0.350 e. The van der Waals surface area contributed by atoms with Crippen molar-refractivity contribution < 1.29 is 13.6 Å². The van der Waals surface area contributed by atoms with Crippen LogP contribution in [0.15, 0.2) is 47.5 Å². The molecule has 3 N–H and O–H groups in total. The fourth-order valence-electron chi connectivity index (χ4n) is 2.26.